The highest BCUT2D eigenvalue weighted by atomic mass is 16.6. The summed E-state index contributed by atoms with van der Waals surface area (Å²) < 4.78 is 4.83. The van der Waals surface area contributed by atoms with Crippen LogP contribution in [0.15, 0.2) is 24.3 Å². The molecule has 0 atom stereocenters. The quantitative estimate of drug-likeness (QED) is 0.436. The Morgan fingerprint density at radius 3 is 2.50 bits per heavy atom. The molecule has 0 N–H and O–H groups in total. The number of nitro groups is 1. The van der Waals surface area contributed by atoms with Crippen LogP contribution in [0.2, 0.25) is 0 Å². The molecular formula is C12H16N2O4. The molecule has 0 radical (unpaired) electrons. The number of nitro benzene ring substituents is 1. The molecule has 1 aromatic carbocycles. The van der Waals surface area contributed by atoms with Crippen molar-refractivity contribution in [2.45, 2.75) is 13.5 Å². The Kier molecular flexibility index (Phi) is 5.26. The topological polar surface area (TPSA) is 72.7 Å². The van der Waals surface area contributed by atoms with Crippen LogP contribution in [0.4, 0.5) is 5.69 Å². The van der Waals surface area contributed by atoms with E-state index in [1.54, 1.807) is 31.0 Å². The lowest BCUT2D eigenvalue weighted by atomic mass is 10.2. The van der Waals surface area contributed by atoms with E-state index in [2.05, 4.69) is 0 Å². The van der Waals surface area contributed by atoms with Gasteiger partial charge in [-0.2, -0.15) is 0 Å². The Morgan fingerprint density at radius 1 is 1.39 bits per heavy atom. The minimum Gasteiger partial charge on any atom is -0.465 e. The summed E-state index contributed by atoms with van der Waals surface area (Å²) in [7, 11) is 1.79. The predicted octanol–water partition coefficient (Wildman–Crippen LogP) is 1.59. The standard InChI is InChI=1S/C12H16N2O4/c1-3-18-12(15)9-13(2)8-10-4-6-11(7-5-10)14(16)17/h4-7H,3,8-9H2,1-2H3. The van der Waals surface area contributed by atoms with Gasteiger partial charge in [0.25, 0.3) is 5.69 Å². The first-order valence-electron chi connectivity index (χ1n) is 5.60. The summed E-state index contributed by atoms with van der Waals surface area (Å²) in [5.74, 6) is -0.276. The van der Waals surface area contributed by atoms with Gasteiger partial charge in [-0.1, -0.05) is 12.1 Å². The van der Waals surface area contributed by atoms with Crippen molar-refractivity contribution in [1.29, 1.82) is 0 Å². The lowest BCUT2D eigenvalue weighted by molar-refractivity contribution is -0.384. The van der Waals surface area contributed by atoms with Gasteiger partial charge in [0.15, 0.2) is 0 Å². The van der Waals surface area contributed by atoms with Crippen molar-refractivity contribution < 1.29 is 14.5 Å². The average Bonchev–Trinajstić information content (AvgIpc) is 2.29. The van der Waals surface area contributed by atoms with E-state index in [0.717, 1.165) is 5.56 Å². The predicted molar refractivity (Wildman–Crippen MR) is 66.1 cm³/mol. The van der Waals surface area contributed by atoms with Gasteiger partial charge in [0.05, 0.1) is 18.1 Å². The van der Waals surface area contributed by atoms with Gasteiger partial charge in [-0.15, -0.1) is 0 Å². The molecule has 0 fully saturated rings. The second-order valence-electron chi connectivity index (χ2n) is 3.90. The highest BCUT2D eigenvalue weighted by Gasteiger charge is 2.09. The number of carbonyl (C=O) groups is 1. The fraction of sp³-hybridized carbons (Fsp3) is 0.417. The lowest BCUT2D eigenvalue weighted by Crippen LogP contribution is -2.26. The molecule has 0 amide bonds. The summed E-state index contributed by atoms with van der Waals surface area (Å²) >= 11 is 0. The number of likely N-dealkylation sites (N-methyl/N-ethyl adjacent to an activating group) is 1. The maximum Gasteiger partial charge on any atom is 0.320 e. The third kappa shape index (κ3) is 4.50. The Labute approximate surface area is 105 Å². The van der Waals surface area contributed by atoms with Crippen molar-refractivity contribution in [3.8, 4) is 0 Å². The van der Waals surface area contributed by atoms with Crippen LogP contribution in [-0.2, 0) is 16.1 Å². The first kappa shape index (κ1) is 14.1. The van der Waals surface area contributed by atoms with Gasteiger partial charge in [-0.05, 0) is 19.5 Å². The number of benzene rings is 1. The molecule has 0 saturated carbocycles. The van der Waals surface area contributed by atoms with Gasteiger partial charge in [0, 0.05) is 18.7 Å². The summed E-state index contributed by atoms with van der Waals surface area (Å²) in [6.07, 6.45) is 0. The first-order chi connectivity index (χ1) is 8.52. The van der Waals surface area contributed by atoms with Gasteiger partial charge in [0.2, 0.25) is 0 Å². The SMILES string of the molecule is CCOC(=O)CN(C)Cc1ccc([N+](=O)[O-])cc1. The van der Waals surface area contributed by atoms with Gasteiger partial charge >= 0.3 is 5.97 Å². The van der Waals surface area contributed by atoms with E-state index >= 15 is 0 Å². The monoisotopic (exact) mass is 252 g/mol. The summed E-state index contributed by atoms with van der Waals surface area (Å²) in [5.41, 5.74) is 0.971. The lowest BCUT2D eigenvalue weighted by Gasteiger charge is -2.15. The molecule has 0 heterocycles. The van der Waals surface area contributed by atoms with Crippen LogP contribution in [-0.4, -0.2) is 36.0 Å². The van der Waals surface area contributed by atoms with Gasteiger partial charge < -0.3 is 4.74 Å². The van der Waals surface area contributed by atoms with Crippen LogP contribution in [0.5, 0.6) is 0 Å². The minimum atomic E-state index is -0.438. The molecule has 0 unspecified atom stereocenters. The third-order valence-electron chi connectivity index (χ3n) is 2.30. The number of ether oxygens (including phenoxy) is 1. The Morgan fingerprint density at radius 2 is 2.00 bits per heavy atom. The summed E-state index contributed by atoms with van der Waals surface area (Å²) in [6, 6.07) is 6.26. The van der Waals surface area contributed by atoms with Crippen LogP contribution < -0.4 is 0 Å². The number of esters is 1. The van der Waals surface area contributed by atoms with Crippen molar-refractivity contribution in [1.82, 2.24) is 4.90 Å². The van der Waals surface area contributed by atoms with E-state index < -0.39 is 4.92 Å². The van der Waals surface area contributed by atoms with Gasteiger partial charge in [0.1, 0.15) is 0 Å². The average molecular weight is 252 g/mol. The highest BCUT2D eigenvalue weighted by Crippen LogP contribution is 2.12. The number of hydrogen-bond donors (Lipinski definition) is 0. The Hall–Kier alpha value is -1.95. The molecule has 0 aliphatic heterocycles. The maximum absolute atomic E-state index is 11.2. The maximum atomic E-state index is 11.2. The van der Waals surface area contributed by atoms with Crippen LogP contribution in [0, 0.1) is 10.1 Å². The summed E-state index contributed by atoms with van der Waals surface area (Å²) in [6.45, 7) is 2.86. The molecule has 0 bridgehead atoms. The molecule has 0 spiro atoms. The Bertz CT molecular complexity index is 417. The van der Waals surface area contributed by atoms with E-state index in [4.69, 9.17) is 4.74 Å². The molecule has 0 saturated heterocycles. The molecule has 1 rings (SSSR count). The van der Waals surface area contributed by atoms with Crippen molar-refractivity contribution in [3.05, 3.63) is 39.9 Å². The zero-order valence-corrected chi connectivity index (χ0v) is 10.5. The van der Waals surface area contributed by atoms with Crippen LogP contribution in [0.25, 0.3) is 0 Å². The molecule has 6 heteroatoms. The normalized spacial score (nSPS) is 10.4. The number of carbonyl (C=O) groups excluding carboxylic acids is 1. The fourth-order valence-corrected chi connectivity index (χ4v) is 1.52. The molecule has 0 aliphatic carbocycles. The van der Waals surface area contributed by atoms with E-state index in [1.165, 1.54) is 12.1 Å². The highest BCUT2D eigenvalue weighted by molar-refractivity contribution is 5.71. The van der Waals surface area contributed by atoms with Crippen molar-refractivity contribution in [2.75, 3.05) is 20.2 Å². The van der Waals surface area contributed by atoms with Crippen LogP contribution in [0.3, 0.4) is 0 Å². The van der Waals surface area contributed by atoms with Crippen LogP contribution in [0.1, 0.15) is 12.5 Å². The molecule has 0 aliphatic rings. The van der Waals surface area contributed by atoms with Gasteiger partial charge in [-0.25, -0.2) is 0 Å². The van der Waals surface area contributed by atoms with E-state index in [0.29, 0.717) is 13.2 Å². The minimum absolute atomic E-state index is 0.0618. The second kappa shape index (κ2) is 6.70. The van der Waals surface area contributed by atoms with Gasteiger partial charge in [-0.3, -0.25) is 19.8 Å². The number of rotatable bonds is 6. The number of nitrogens with zero attached hydrogens (tertiary/aromatic N) is 2. The molecule has 6 nitrogen and oxygen atoms in total. The Balaban J connectivity index is 2.51. The first-order valence-corrected chi connectivity index (χ1v) is 5.60. The molecule has 18 heavy (non-hydrogen) atoms. The van der Waals surface area contributed by atoms with E-state index in [9.17, 15) is 14.9 Å². The second-order valence-corrected chi connectivity index (χ2v) is 3.90. The molecule has 0 aromatic heterocycles. The van der Waals surface area contributed by atoms with E-state index in [1.807, 2.05) is 0 Å². The number of non-ortho nitro benzene ring substituents is 1. The van der Waals surface area contributed by atoms with Crippen LogP contribution >= 0.6 is 0 Å². The zero-order chi connectivity index (χ0) is 13.5. The van der Waals surface area contributed by atoms with Crippen molar-refractivity contribution in [2.24, 2.45) is 0 Å². The summed E-state index contributed by atoms with van der Waals surface area (Å²) in [4.78, 5) is 23.1. The van der Waals surface area contributed by atoms with Crippen molar-refractivity contribution >= 4 is 11.7 Å². The molecular weight excluding hydrogens is 236 g/mol. The fourth-order valence-electron chi connectivity index (χ4n) is 1.52. The van der Waals surface area contributed by atoms with E-state index in [-0.39, 0.29) is 18.2 Å². The smallest absolute Gasteiger partial charge is 0.320 e. The zero-order valence-electron chi connectivity index (χ0n) is 10.5. The summed E-state index contributed by atoms with van der Waals surface area (Å²) in [5, 5.41) is 10.5. The molecule has 98 valence electrons. The third-order valence-corrected chi connectivity index (χ3v) is 2.30. The largest absolute Gasteiger partial charge is 0.465 e. The van der Waals surface area contributed by atoms with Crippen molar-refractivity contribution in [3.63, 3.8) is 0 Å². The molecule has 1 aromatic rings. The number of hydrogen-bond acceptors (Lipinski definition) is 5.